The van der Waals surface area contributed by atoms with Crippen molar-refractivity contribution < 1.29 is 4.79 Å². The van der Waals surface area contributed by atoms with Gasteiger partial charge in [0, 0.05) is 41.2 Å². The largest absolute Gasteiger partial charge is 0.350 e. The Morgan fingerprint density at radius 1 is 1.11 bits per heavy atom. The second kappa shape index (κ2) is 7.28. The average Bonchev–Trinajstić information content (AvgIpc) is 3.12. The molecule has 0 aliphatic carbocycles. The van der Waals surface area contributed by atoms with Gasteiger partial charge in [0.05, 0.1) is 12.1 Å². The minimum atomic E-state index is -0.0577. The Kier molecular flexibility index (Phi) is 4.81. The summed E-state index contributed by atoms with van der Waals surface area (Å²) in [6.45, 7) is 1.96. The Bertz CT molecular complexity index is 1170. The van der Waals surface area contributed by atoms with Crippen LogP contribution in [0.25, 0.3) is 22.0 Å². The monoisotopic (exact) mass is 436 g/mol. The van der Waals surface area contributed by atoms with Crippen molar-refractivity contribution in [1.29, 1.82) is 0 Å². The number of amides is 1. The molecule has 0 saturated heterocycles. The van der Waals surface area contributed by atoms with Crippen molar-refractivity contribution in [3.8, 4) is 11.1 Å². The number of nitrogens with one attached hydrogen (secondary N) is 1. The zero-order valence-electron chi connectivity index (χ0n) is 16.0. The van der Waals surface area contributed by atoms with Crippen LogP contribution in [-0.2, 0) is 25.3 Å². The van der Waals surface area contributed by atoms with E-state index in [1.54, 1.807) is 4.68 Å². The molecular formula is C22H21BrN4O. The number of aryl methyl sites for hydroxylation is 3. The Balaban J connectivity index is 1.64. The summed E-state index contributed by atoms with van der Waals surface area (Å²) < 4.78 is 4.80. The van der Waals surface area contributed by atoms with Crippen LogP contribution in [0, 0.1) is 6.92 Å². The summed E-state index contributed by atoms with van der Waals surface area (Å²) in [5, 5.41) is 8.69. The molecule has 4 rings (SSSR count). The van der Waals surface area contributed by atoms with Gasteiger partial charge in [0.1, 0.15) is 5.82 Å². The highest BCUT2D eigenvalue weighted by Crippen LogP contribution is 2.32. The van der Waals surface area contributed by atoms with Crippen LogP contribution in [-0.4, -0.2) is 20.3 Å². The zero-order chi connectivity index (χ0) is 19.8. The van der Waals surface area contributed by atoms with Gasteiger partial charge in [-0.25, -0.2) is 0 Å². The topological polar surface area (TPSA) is 51.9 Å². The molecule has 2 heterocycles. The smallest absolute Gasteiger partial charge is 0.230 e. The number of hydrogen-bond acceptors (Lipinski definition) is 2. The molecule has 1 amide bonds. The first-order chi connectivity index (χ1) is 13.4. The van der Waals surface area contributed by atoms with E-state index in [-0.39, 0.29) is 5.91 Å². The Hall–Kier alpha value is -2.86. The quantitative estimate of drug-likeness (QED) is 0.497. The lowest BCUT2D eigenvalue weighted by Crippen LogP contribution is -2.17. The van der Waals surface area contributed by atoms with E-state index < -0.39 is 0 Å². The number of carbonyl (C=O) groups is 1. The first-order valence-corrected chi connectivity index (χ1v) is 9.85. The number of benzene rings is 2. The number of halogens is 1. The van der Waals surface area contributed by atoms with Crippen molar-refractivity contribution in [3.05, 3.63) is 70.5 Å². The van der Waals surface area contributed by atoms with E-state index in [2.05, 4.69) is 43.0 Å². The molecule has 28 heavy (non-hydrogen) atoms. The van der Waals surface area contributed by atoms with E-state index in [0.29, 0.717) is 12.2 Å². The van der Waals surface area contributed by atoms with E-state index in [9.17, 15) is 4.79 Å². The van der Waals surface area contributed by atoms with E-state index in [1.165, 1.54) is 0 Å². The van der Waals surface area contributed by atoms with Crippen LogP contribution < -0.4 is 5.32 Å². The van der Waals surface area contributed by atoms with Crippen LogP contribution in [0.3, 0.4) is 0 Å². The van der Waals surface area contributed by atoms with Crippen molar-refractivity contribution in [1.82, 2.24) is 14.3 Å². The van der Waals surface area contributed by atoms with Crippen molar-refractivity contribution in [2.24, 2.45) is 14.1 Å². The van der Waals surface area contributed by atoms with Gasteiger partial charge in [0.25, 0.3) is 0 Å². The summed E-state index contributed by atoms with van der Waals surface area (Å²) >= 11 is 3.47. The minimum absolute atomic E-state index is 0.0577. The third kappa shape index (κ3) is 3.36. The predicted octanol–water partition coefficient (Wildman–Crippen LogP) is 4.83. The molecule has 0 saturated carbocycles. The number of para-hydroxylation sites is 1. The normalized spacial score (nSPS) is 11.1. The lowest BCUT2D eigenvalue weighted by molar-refractivity contribution is -0.115. The molecule has 0 atom stereocenters. The molecule has 0 aliphatic rings. The summed E-state index contributed by atoms with van der Waals surface area (Å²) in [4.78, 5) is 12.9. The molecule has 2 aromatic carbocycles. The van der Waals surface area contributed by atoms with Crippen molar-refractivity contribution in [2.75, 3.05) is 5.32 Å². The fourth-order valence-electron chi connectivity index (χ4n) is 3.68. The van der Waals surface area contributed by atoms with Gasteiger partial charge in [-0.3, -0.25) is 9.48 Å². The number of hydrogen-bond donors (Lipinski definition) is 1. The van der Waals surface area contributed by atoms with Gasteiger partial charge in [-0.2, -0.15) is 5.10 Å². The molecular weight excluding hydrogens is 416 g/mol. The number of aromatic nitrogens is 3. The number of nitrogens with zero attached hydrogens (tertiary/aromatic N) is 3. The number of rotatable bonds is 4. The molecule has 0 unspecified atom stereocenters. The van der Waals surface area contributed by atoms with Gasteiger partial charge in [-0.1, -0.05) is 46.3 Å². The molecule has 0 bridgehead atoms. The van der Waals surface area contributed by atoms with Crippen LogP contribution in [0.4, 0.5) is 5.82 Å². The number of anilines is 1. The van der Waals surface area contributed by atoms with E-state index in [4.69, 9.17) is 0 Å². The number of carbonyl (C=O) groups excluding carboxylic acids is 1. The summed E-state index contributed by atoms with van der Waals surface area (Å²) in [6, 6.07) is 16.1. The summed E-state index contributed by atoms with van der Waals surface area (Å²) in [5.74, 6) is 0.655. The lowest BCUT2D eigenvalue weighted by Gasteiger charge is -2.09. The highest BCUT2D eigenvalue weighted by Gasteiger charge is 2.18. The molecule has 4 aromatic rings. The molecule has 0 fully saturated rings. The summed E-state index contributed by atoms with van der Waals surface area (Å²) in [7, 11) is 3.85. The first kappa shape index (κ1) is 18.5. The molecule has 6 heteroatoms. The Morgan fingerprint density at radius 2 is 1.82 bits per heavy atom. The van der Waals surface area contributed by atoms with Crippen LogP contribution in [0.5, 0.6) is 0 Å². The molecule has 0 radical (unpaired) electrons. The lowest BCUT2D eigenvalue weighted by atomic mass is 10.1. The maximum Gasteiger partial charge on any atom is 0.230 e. The minimum Gasteiger partial charge on any atom is -0.350 e. The zero-order valence-corrected chi connectivity index (χ0v) is 17.6. The van der Waals surface area contributed by atoms with Crippen molar-refractivity contribution >= 4 is 38.6 Å². The van der Waals surface area contributed by atoms with Gasteiger partial charge in [-0.15, -0.1) is 0 Å². The number of fused-ring (bicyclic) bond motifs is 1. The maximum atomic E-state index is 12.9. The molecule has 142 valence electrons. The van der Waals surface area contributed by atoms with Gasteiger partial charge >= 0.3 is 0 Å². The van der Waals surface area contributed by atoms with Crippen molar-refractivity contribution in [2.45, 2.75) is 13.3 Å². The third-order valence-electron chi connectivity index (χ3n) is 4.94. The van der Waals surface area contributed by atoms with E-state index in [1.807, 2.05) is 63.6 Å². The molecule has 1 N–H and O–H groups in total. The molecule has 2 aromatic heterocycles. The second-order valence-electron chi connectivity index (χ2n) is 6.95. The van der Waals surface area contributed by atoms with Crippen LogP contribution in [0.15, 0.2) is 59.2 Å². The fourth-order valence-corrected chi connectivity index (χ4v) is 3.94. The standard InChI is InChI=1S/C22H21BrN4O/c1-14-21(15-8-10-17(23)11-9-15)22(27(3)25-14)24-20(28)12-16-13-26(2)19-7-5-4-6-18(16)19/h4-11,13H,12H2,1-3H3,(H,24,28). The molecule has 0 aliphatic heterocycles. The highest BCUT2D eigenvalue weighted by molar-refractivity contribution is 9.10. The SMILES string of the molecule is Cc1nn(C)c(NC(=O)Cc2cn(C)c3ccccc23)c1-c1ccc(Br)cc1. The van der Waals surface area contributed by atoms with Gasteiger partial charge in [0.15, 0.2) is 0 Å². The van der Waals surface area contributed by atoms with Gasteiger partial charge in [-0.05, 0) is 36.2 Å². The first-order valence-electron chi connectivity index (χ1n) is 9.06. The fraction of sp³-hybridized carbons (Fsp3) is 0.182. The second-order valence-corrected chi connectivity index (χ2v) is 7.86. The van der Waals surface area contributed by atoms with Gasteiger partial charge < -0.3 is 9.88 Å². The van der Waals surface area contributed by atoms with Crippen LogP contribution in [0.1, 0.15) is 11.3 Å². The van der Waals surface area contributed by atoms with Gasteiger partial charge in [0.2, 0.25) is 5.91 Å². The van der Waals surface area contributed by atoms with E-state index >= 15 is 0 Å². The molecule has 0 spiro atoms. The average molecular weight is 437 g/mol. The highest BCUT2D eigenvalue weighted by atomic mass is 79.9. The summed E-state index contributed by atoms with van der Waals surface area (Å²) in [6.07, 6.45) is 2.33. The Morgan fingerprint density at radius 3 is 2.57 bits per heavy atom. The Labute approximate surface area is 172 Å². The van der Waals surface area contributed by atoms with E-state index in [0.717, 1.165) is 37.8 Å². The third-order valence-corrected chi connectivity index (χ3v) is 5.47. The van der Waals surface area contributed by atoms with Crippen LogP contribution in [0.2, 0.25) is 0 Å². The molecule has 5 nitrogen and oxygen atoms in total. The van der Waals surface area contributed by atoms with Crippen LogP contribution >= 0.6 is 15.9 Å². The summed E-state index contributed by atoms with van der Waals surface area (Å²) in [5.41, 5.74) is 4.98. The van der Waals surface area contributed by atoms with Crippen molar-refractivity contribution in [3.63, 3.8) is 0 Å². The maximum absolute atomic E-state index is 12.9. The predicted molar refractivity (Wildman–Crippen MR) is 116 cm³/mol.